The molecule has 1 aliphatic rings. The molecule has 2 N–H and O–H groups in total. The van der Waals surface area contributed by atoms with Gasteiger partial charge in [-0.15, -0.1) is 0 Å². The molecule has 4 heteroatoms. The van der Waals surface area contributed by atoms with Crippen LogP contribution in [0.25, 0.3) is 0 Å². The quantitative estimate of drug-likeness (QED) is 0.758. The lowest BCUT2D eigenvalue weighted by Gasteiger charge is -2.25. The summed E-state index contributed by atoms with van der Waals surface area (Å²) >= 11 is 0. The molecule has 0 saturated carbocycles. The van der Waals surface area contributed by atoms with Gasteiger partial charge in [0.25, 0.3) is 0 Å². The van der Waals surface area contributed by atoms with E-state index in [4.69, 9.17) is 9.84 Å². The molecule has 15 heavy (non-hydrogen) atoms. The summed E-state index contributed by atoms with van der Waals surface area (Å²) in [5.41, 5.74) is 1.82. The molecule has 1 aromatic carbocycles. The first-order valence-electron chi connectivity index (χ1n) is 4.83. The minimum Gasteiger partial charge on any atom is -0.496 e. The number of hydrogen-bond acceptors (Lipinski definition) is 3. The Kier molecular flexibility index (Phi) is 2.60. The summed E-state index contributed by atoms with van der Waals surface area (Å²) in [5, 5.41) is 12.2. The molecule has 4 nitrogen and oxygen atoms in total. The third kappa shape index (κ3) is 1.68. The van der Waals surface area contributed by atoms with E-state index in [-0.39, 0.29) is 0 Å². The summed E-state index contributed by atoms with van der Waals surface area (Å²) in [6.07, 6.45) is 0. The predicted octanol–water partition coefficient (Wildman–Crippen LogP) is 0.967. The van der Waals surface area contributed by atoms with Gasteiger partial charge in [-0.3, -0.25) is 4.79 Å². The largest absolute Gasteiger partial charge is 0.496 e. The number of ether oxygens (including phenoxy) is 1. The molecule has 1 heterocycles. The smallest absolute Gasteiger partial charge is 0.312 e. The van der Waals surface area contributed by atoms with E-state index in [1.807, 2.05) is 12.1 Å². The number of rotatable bonds is 2. The van der Waals surface area contributed by atoms with Crippen LogP contribution in [0.15, 0.2) is 18.2 Å². The molecule has 80 valence electrons. The Morgan fingerprint density at radius 1 is 1.60 bits per heavy atom. The lowest BCUT2D eigenvalue weighted by atomic mass is 9.90. The van der Waals surface area contributed by atoms with Crippen molar-refractivity contribution in [2.45, 2.75) is 12.5 Å². The summed E-state index contributed by atoms with van der Waals surface area (Å²) in [7, 11) is 1.57. The fourth-order valence-corrected chi connectivity index (χ4v) is 1.98. The van der Waals surface area contributed by atoms with Gasteiger partial charge < -0.3 is 15.2 Å². The van der Waals surface area contributed by atoms with Crippen molar-refractivity contribution in [2.75, 3.05) is 13.7 Å². The zero-order valence-electron chi connectivity index (χ0n) is 8.49. The van der Waals surface area contributed by atoms with Gasteiger partial charge in [0.05, 0.1) is 13.0 Å². The lowest BCUT2D eigenvalue weighted by molar-refractivity contribution is -0.138. The van der Waals surface area contributed by atoms with Gasteiger partial charge in [0.1, 0.15) is 5.75 Å². The number of nitrogens with one attached hydrogen (secondary N) is 1. The number of hydrogen-bond donors (Lipinski definition) is 2. The lowest BCUT2D eigenvalue weighted by Crippen LogP contribution is -2.32. The van der Waals surface area contributed by atoms with E-state index in [9.17, 15) is 4.79 Å². The highest BCUT2D eigenvalue weighted by Gasteiger charge is 2.28. The minimum atomic E-state index is -0.812. The van der Waals surface area contributed by atoms with E-state index in [2.05, 4.69) is 5.32 Å². The van der Waals surface area contributed by atoms with Crippen molar-refractivity contribution >= 4 is 5.97 Å². The number of carboxylic acids is 1. The zero-order valence-corrected chi connectivity index (χ0v) is 8.49. The summed E-state index contributed by atoms with van der Waals surface area (Å²) < 4.78 is 5.20. The molecule has 0 fully saturated rings. The average molecular weight is 207 g/mol. The number of fused-ring (bicyclic) bond motifs is 1. The van der Waals surface area contributed by atoms with Gasteiger partial charge in [-0.05, 0) is 11.6 Å². The van der Waals surface area contributed by atoms with Crippen molar-refractivity contribution in [2.24, 2.45) is 0 Å². The molecule has 1 unspecified atom stereocenters. The number of carbonyl (C=O) groups is 1. The maximum absolute atomic E-state index is 11.1. The molecule has 0 spiro atoms. The molecular weight excluding hydrogens is 194 g/mol. The van der Waals surface area contributed by atoms with E-state index in [0.717, 1.165) is 11.1 Å². The molecule has 0 aromatic heterocycles. The molecule has 1 aromatic rings. The monoisotopic (exact) mass is 207 g/mol. The molecule has 0 radical (unpaired) electrons. The Hall–Kier alpha value is -1.55. The maximum Gasteiger partial charge on any atom is 0.312 e. The highest BCUT2D eigenvalue weighted by molar-refractivity contribution is 5.78. The Balaban J connectivity index is 2.52. The van der Waals surface area contributed by atoms with E-state index in [1.54, 1.807) is 13.2 Å². The van der Waals surface area contributed by atoms with Gasteiger partial charge in [-0.1, -0.05) is 12.1 Å². The van der Waals surface area contributed by atoms with Crippen molar-refractivity contribution < 1.29 is 14.6 Å². The second kappa shape index (κ2) is 3.90. The van der Waals surface area contributed by atoms with Gasteiger partial charge in [0.15, 0.2) is 0 Å². The van der Waals surface area contributed by atoms with E-state index >= 15 is 0 Å². The topological polar surface area (TPSA) is 58.6 Å². The highest BCUT2D eigenvalue weighted by Crippen LogP contribution is 2.32. The number of carboxylic acid groups (broad SMARTS) is 1. The van der Waals surface area contributed by atoms with Crippen LogP contribution in [0.1, 0.15) is 17.0 Å². The average Bonchev–Trinajstić information content (AvgIpc) is 2.27. The molecule has 0 saturated heterocycles. The number of methoxy groups -OCH3 is 1. The van der Waals surface area contributed by atoms with Crippen LogP contribution in [-0.4, -0.2) is 24.7 Å². The van der Waals surface area contributed by atoms with Crippen LogP contribution in [0.3, 0.4) is 0 Å². The zero-order chi connectivity index (χ0) is 10.8. The predicted molar refractivity (Wildman–Crippen MR) is 55.1 cm³/mol. The minimum absolute atomic E-state index is 0.461. The van der Waals surface area contributed by atoms with Crippen LogP contribution in [0.4, 0.5) is 0 Å². The van der Waals surface area contributed by atoms with Crippen molar-refractivity contribution in [3.63, 3.8) is 0 Å². The second-order valence-electron chi connectivity index (χ2n) is 3.55. The van der Waals surface area contributed by atoms with Gasteiger partial charge >= 0.3 is 5.97 Å². The first kappa shape index (κ1) is 9.98. The Bertz CT molecular complexity index is 375. The van der Waals surface area contributed by atoms with Crippen LogP contribution in [0.5, 0.6) is 5.75 Å². The van der Waals surface area contributed by atoms with Crippen LogP contribution in [-0.2, 0) is 11.3 Å². The Morgan fingerprint density at radius 3 is 3.07 bits per heavy atom. The summed E-state index contributed by atoms with van der Waals surface area (Å²) in [6, 6.07) is 5.61. The fourth-order valence-electron chi connectivity index (χ4n) is 1.98. The standard InChI is InChI=1S/C11H13NO3/c1-15-9-4-2-3-7-5-12-6-8(10(7)9)11(13)14/h2-4,8,12H,5-6H2,1H3,(H,13,14). The third-order valence-electron chi connectivity index (χ3n) is 2.69. The van der Waals surface area contributed by atoms with Crippen molar-refractivity contribution in [3.05, 3.63) is 29.3 Å². The van der Waals surface area contributed by atoms with E-state index < -0.39 is 11.9 Å². The maximum atomic E-state index is 11.1. The van der Waals surface area contributed by atoms with Crippen molar-refractivity contribution in [1.82, 2.24) is 5.32 Å². The third-order valence-corrected chi connectivity index (χ3v) is 2.69. The summed E-state index contributed by atoms with van der Waals surface area (Å²) in [6.45, 7) is 1.17. The molecule has 1 aliphatic heterocycles. The summed E-state index contributed by atoms with van der Waals surface area (Å²) in [4.78, 5) is 11.1. The van der Waals surface area contributed by atoms with E-state index in [1.165, 1.54) is 0 Å². The molecule has 0 bridgehead atoms. The van der Waals surface area contributed by atoms with Crippen LogP contribution >= 0.6 is 0 Å². The first-order chi connectivity index (χ1) is 7.24. The van der Waals surface area contributed by atoms with Crippen molar-refractivity contribution in [3.8, 4) is 5.75 Å². The molecule has 0 amide bonds. The fraction of sp³-hybridized carbons (Fsp3) is 0.364. The van der Waals surface area contributed by atoms with E-state index in [0.29, 0.717) is 18.8 Å². The summed E-state index contributed by atoms with van der Waals surface area (Å²) in [5.74, 6) is -0.653. The van der Waals surface area contributed by atoms with Crippen LogP contribution < -0.4 is 10.1 Å². The SMILES string of the molecule is COc1cccc2c1C(C(=O)O)CNC2. The Morgan fingerprint density at radius 2 is 2.40 bits per heavy atom. The highest BCUT2D eigenvalue weighted by atomic mass is 16.5. The van der Waals surface area contributed by atoms with Gasteiger partial charge in [0, 0.05) is 18.7 Å². The van der Waals surface area contributed by atoms with Crippen LogP contribution in [0, 0.1) is 0 Å². The van der Waals surface area contributed by atoms with Crippen molar-refractivity contribution in [1.29, 1.82) is 0 Å². The molecule has 1 atom stereocenters. The van der Waals surface area contributed by atoms with Gasteiger partial charge in [-0.25, -0.2) is 0 Å². The normalized spacial score (nSPS) is 19.4. The second-order valence-corrected chi connectivity index (χ2v) is 3.55. The van der Waals surface area contributed by atoms with Crippen LogP contribution in [0.2, 0.25) is 0 Å². The number of aliphatic carboxylic acids is 1. The Labute approximate surface area is 87.9 Å². The number of benzene rings is 1. The van der Waals surface area contributed by atoms with Gasteiger partial charge in [0.2, 0.25) is 0 Å². The molecule has 2 rings (SSSR count). The molecule has 0 aliphatic carbocycles. The molecular formula is C11H13NO3. The first-order valence-corrected chi connectivity index (χ1v) is 4.83. The van der Waals surface area contributed by atoms with Gasteiger partial charge in [-0.2, -0.15) is 0 Å².